The fraction of sp³-hybridized carbons (Fsp3) is 0.375. The van der Waals surface area contributed by atoms with E-state index in [2.05, 4.69) is 10.2 Å². The molecule has 4 nitrogen and oxygen atoms in total. The van der Waals surface area contributed by atoms with Crippen molar-refractivity contribution in [2.75, 3.05) is 13.1 Å². The van der Waals surface area contributed by atoms with Crippen LogP contribution in [0.5, 0.6) is 0 Å². The molecule has 1 saturated heterocycles. The van der Waals surface area contributed by atoms with Crippen molar-refractivity contribution in [1.82, 2.24) is 15.1 Å². The highest BCUT2D eigenvalue weighted by Crippen LogP contribution is 2.22. The van der Waals surface area contributed by atoms with Gasteiger partial charge in [0.15, 0.2) is 0 Å². The Labute approximate surface area is 129 Å². The van der Waals surface area contributed by atoms with Crippen LogP contribution in [0.25, 0.3) is 11.3 Å². The Kier molecular flexibility index (Phi) is 4.25. The molecule has 2 aromatic rings. The number of aromatic amines is 1. The Morgan fingerprint density at radius 1 is 1.14 bits per heavy atom. The van der Waals surface area contributed by atoms with E-state index in [1.807, 2.05) is 29.2 Å². The van der Waals surface area contributed by atoms with E-state index in [1.165, 1.54) is 12.8 Å². The summed E-state index contributed by atoms with van der Waals surface area (Å²) in [6.07, 6.45) is 4.59. The number of likely N-dealkylation sites (tertiary alicyclic amines) is 1. The zero-order chi connectivity index (χ0) is 14.7. The summed E-state index contributed by atoms with van der Waals surface area (Å²) >= 11 is 5.99. The first-order valence-electron chi connectivity index (χ1n) is 7.35. The minimum Gasteiger partial charge on any atom is -0.337 e. The van der Waals surface area contributed by atoms with Crippen LogP contribution >= 0.6 is 11.6 Å². The third kappa shape index (κ3) is 3.27. The average molecular weight is 304 g/mol. The summed E-state index contributed by atoms with van der Waals surface area (Å²) in [5, 5.41) is 7.76. The number of nitrogens with zero attached hydrogens (tertiary/aromatic N) is 2. The van der Waals surface area contributed by atoms with Crippen molar-refractivity contribution in [3.63, 3.8) is 0 Å². The molecule has 3 rings (SSSR count). The van der Waals surface area contributed by atoms with E-state index >= 15 is 0 Å². The normalized spacial score (nSPS) is 15.8. The van der Waals surface area contributed by atoms with E-state index in [1.54, 1.807) is 6.07 Å². The van der Waals surface area contributed by atoms with Crippen LogP contribution in [-0.4, -0.2) is 34.1 Å². The Balaban J connectivity index is 1.79. The number of carbonyl (C=O) groups is 1. The number of aromatic nitrogens is 2. The van der Waals surface area contributed by atoms with Crippen molar-refractivity contribution in [2.45, 2.75) is 25.7 Å². The van der Waals surface area contributed by atoms with Gasteiger partial charge in [0.05, 0.1) is 5.69 Å². The molecule has 0 radical (unpaired) electrons. The SMILES string of the molecule is O=C(c1cc(-c2cccc(Cl)c2)n[nH]1)N1CCCCCC1. The van der Waals surface area contributed by atoms with Gasteiger partial charge in [-0.3, -0.25) is 9.89 Å². The fourth-order valence-corrected chi connectivity index (χ4v) is 2.86. The Morgan fingerprint density at radius 2 is 1.90 bits per heavy atom. The highest BCUT2D eigenvalue weighted by molar-refractivity contribution is 6.30. The molecule has 0 atom stereocenters. The number of hydrogen-bond donors (Lipinski definition) is 1. The van der Waals surface area contributed by atoms with Crippen molar-refractivity contribution in [3.8, 4) is 11.3 Å². The fourth-order valence-electron chi connectivity index (χ4n) is 2.67. The van der Waals surface area contributed by atoms with Crippen LogP contribution in [0.2, 0.25) is 5.02 Å². The van der Waals surface area contributed by atoms with Gasteiger partial charge in [0.25, 0.3) is 5.91 Å². The number of amides is 1. The number of H-pyrrole nitrogens is 1. The van der Waals surface area contributed by atoms with E-state index in [-0.39, 0.29) is 5.91 Å². The van der Waals surface area contributed by atoms with Crippen LogP contribution in [0, 0.1) is 0 Å². The van der Waals surface area contributed by atoms with Gasteiger partial charge in [-0.1, -0.05) is 36.6 Å². The van der Waals surface area contributed by atoms with Crippen LogP contribution in [0.15, 0.2) is 30.3 Å². The number of carbonyl (C=O) groups excluding carboxylic acids is 1. The molecule has 1 aliphatic heterocycles. The maximum atomic E-state index is 12.5. The topological polar surface area (TPSA) is 49.0 Å². The minimum atomic E-state index is 0.0395. The predicted molar refractivity (Wildman–Crippen MR) is 83.4 cm³/mol. The minimum absolute atomic E-state index is 0.0395. The lowest BCUT2D eigenvalue weighted by Gasteiger charge is -2.18. The maximum Gasteiger partial charge on any atom is 0.271 e. The standard InChI is InChI=1S/C16H18ClN3O/c17-13-7-5-6-12(10-13)14-11-15(19-18-14)16(21)20-8-3-1-2-4-9-20/h5-7,10-11H,1-4,8-9H2,(H,18,19). The smallest absolute Gasteiger partial charge is 0.271 e. The predicted octanol–water partition coefficient (Wildman–Crippen LogP) is 3.75. The third-order valence-corrected chi connectivity index (χ3v) is 4.06. The molecule has 1 aromatic heterocycles. The van der Waals surface area contributed by atoms with Crippen molar-refractivity contribution in [1.29, 1.82) is 0 Å². The molecule has 1 amide bonds. The molecule has 110 valence electrons. The monoisotopic (exact) mass is 303 g/mol. The van der Waals surface area contributed by atoms with Crippen LogP contribution in [0.4, 0.5) is 0 Å². The summed E-state index contributed by atoms with van der Waals surface area (Å²) in [6.45, 7) is 1.68. The molecule has 1 N–H and O–H groups in total. The highest BCUT2D eigenvalue weighted by atomic mass is 35.5. The van der Waals surface area contributed by atoms with Crippen molar-refractivity contribution in [3.05, 3.63) is 41.0 Å². The molecule has 0 saturated carbocycles. The van der Waals surface area contributed by atoms with Gasteiger partial charge in [-0.2, -0.15) is 5.10 Å². The van der Waals surface area contributed by atoms with Gasteiger partial charge in [0.1, 0.15) is 5.69 Å². The average Bonchev–Trinajstić information content (AvgIpc) is 2.82. The number of rotatable bonds is 2. The zero-order valence-corrected chi connectivity index (χ0v) is 12.6. The van der Waals surface area contributed by atoms with Gasteiger partial charge in [-0.25, -0.2) is 0 Å². The summed E-state index contributed by atoms with van der Waals surface area (Å²) in [6, 6.07) is 9.28. The summed E-state index contributed by atoms with van der Waals surface area (Å²) < 4.78 is 0. The van der Waals surface area contributed by atoms with Crippen LogP contribution in [-0.2, 0) is 0 Å². The van der Waals surface area contributed by atoms with Crippen LogP contribution in [0.3, 0.4) is 0 Å². The molecule has 1 fully saturated rings. The first-order chi connectivity index (χ1) is 10.2. The number of hydrogen-bond acceptors (Lipinski definition) is 2. The second-order valence-corrected chi connectivity index (χ2v) is 5.82. The molecule has 0 unspecified atom stereocenters. The Bertz CT molecular complexity index is 630. The van der Waals surface area contributed by atoms with Crippen molar-refractivity contribution < 1.29 is 4.79 Å². The molecule has 5 heteroatoms. The second kappa shape index (κ2) is 6.31. The number of halogens is 1. The van der Waals surface area contributed by atoms with E-state index in [0.29, 0.717) is 10.7 Å². The second-order valence-electron chi connectivity index (χ2n) is 5.38. The lowest BCUT2D eigenvalue weighted by molar-refractivity contribution is 0.0755. The third-order valence-electron chi connectivity index (χ3n) is 3.82. The van der Waals surface area contributed by atoms with E-state index in [4.69, 9.17) is 11.6 Å². The molecule has 0 aliphatic carbocycles. The molecule has 0 spiro atoms. The van der Waals surface area contributed by atoms with Crippen molar-refractivity contribution >= 4 is 17.5 Å². The zero-order valence-electron chi connectivity index (χ0n) is 11.8. The molecule has 1 aromatic carbocycles. The van der Waals surface area contributed by atoms with Gasteiger partial charge < -0.3 is 4.90 Å². The molecule has 0 bridgehead atoms. The molecule has 1 aliphatic rings. The Morgan fingerprint density at radius 3 is 2.62 bits per heavy atom. The quantitative estimate of drug-likeness (QED) is 0.918. The molecular formula is C16H18ClN3O. The van der Waals surface area contributed by atoms with Crippen LogP contribution < -0.4 is 0 Å². The van der Waals surface area contributed by atoms with Gasteiger partial charge in [-0.15, -0.1) is 0 Å². The highest BCUT2D eigenvalue weighted by Gasteiger charge is 2.19. The maximum absolute atomic E-state index is 12.5. The molecule has 21 heavy (non-hydrogen) atoms. The molecule has 2 heterocycles. The number of nitrogens with one attached hydrogen (secondary N) is 1. The number of benzene rings is 1. The summed E-state index contributed by atoms with van der Waals surface area (Å²) in [5.74, 6) is 0.0395. The van der Waals surface area contributed by atoms with Gasteiger partial charge >= 0.3 is 0 Å². The lowest BCUT2D eigenvalue weighted by atomic mass is 10.1. The van der Waals surface area contributed by atoms with Gasteiger partial charge in [0.2, 0.25) is 0 Å². The van der Waals surface area contributed by atoms with E-state index in [9.17, 15) is 4.79 Å². The van der Waals surface area contributed by atoms with E-state index < -0.39 is 0 Å². The van der Waals surface area contributed by atoms with Gasteiger partial charge in [-0.05, 0) is 31.0 Å². The largest absolute Gasteiger partial charge is 0.337 e. The molecular weight excluding hydrogens is 286 g/mol. The van der Waals surface area contributed by atoms with Crippen molar-refractivity contribution in [2.24, 2.45) is 0 Å². The van der Waals surface area contributed by atoms with Gasteiger partial charge in [0, 0.05) is 23.7 Å². The van der Waals surface area contributed by atoms with E-state index in [0.717, 1.165) is 37.2 Å². The van der Waals surface area contributed by atoms with Crippen LogP contribution in [0.1, 0.15) is 36.2 Å². The lowest BCUT2D eigenvalue weighted by Crippen LogP contribution is -2.32. The summed E-state index contributed by atoms with van der Waals surface area (Å²) in [7, 11) is 0. The Hall–Kier alpha value is -1.81. The first kappa shape index (κ1) is 14.1. The first-order valence-corrected chi connectivity index (χ1v) is 7.72. The summed E-state index contributed by atoms with van der Waals surface area (Å²) in [4.78, 5) is 14.4. The summed E-state index contributed by atoms with van der Waals surface area (Å²) in [5.41, 5.74) is 2.20.